The van der Waals surface area contributed by atoms with E-state index in [1.807, 2.05) is 0 Å². The zero-order valence-electron chi connectivity index (χ0n) is 14.5. The van der Waals surface area contributed by atoms with Crippen molar-refractivity contribution in [1.29, 1.82) is 0 Å². The van der Waals surface area contributed by atoms with Crippen molar-refractivity contribution in [2.45, 2.75) is 23.6 Å². The van der Waals surface area contributed by atoms with Gasteiger partial charge in [0.05, 0.1) is 26.2 Å². The van der Waals surface area contributed by atoms with Gasteiger partial charge in [-0.3, -0.25) is 4.79 Å². The molecule has 0 radical (unpaired) electrons. The number of nitrogens with one attached hydrogen (secondary N) is 1. The van der Waals surface area contributed by atoms with Crippen molar-refractivity contribution in [3.63, 3.8) is 0 Å². The smallest absolute Gasteiger partial charge is 0.373 e. The number of carbonyl (C=O) groups excluding carboxylic acids is 1. The molecule has 15 heteroatoms. The molecular weight excluding hydrogens is 478 g/mol. The van der Waals surface area contributed by atoms with Gasteiger partial charge in [0, 0.05) is 5.56 Å². The number of carbonyl (C=O) groups is 1. The molecule has 30 heavy (non-hydrogen) atoms. The molecule has 2 rings (SSSR count). The maximum atomic E-state index is 12.9. The summed E-state index contributed by atoms with van der Waals surface area (Å²) in [5, 5.41) is 21.1. The zero-order chi connectivity index (χ0) is 23.0. The number of hydrogen-bond acceptors (Lipinski definition) is 6. The Hall–Kier alpha value is -2.32. The predicted molar refractivity (Wildman–Crippen MR) is 101 cm³/mol. The van der Waals surface area contributed by atoms with Gasteiger partial charge >= 0.3 is 12.0 Å². The van der Waals surface area contributed by atoms with Crippen molar-refractivity contribution in [3.8, 4) is 11.1 Å². The number of halogens is 5. The van der Waals surface area contributed by atoms with Crippen LogP contribution >= 0.6 is 23.2 Å². The van der Waals surface area contributed by atoms with Crippen molar-refractivity contribution in [2.75, 3.05) is 5.32 Å². The van der Waals surface area contributed by atoms with Crippen LogP contribution < -0.4 is 5.32 Å². The number of hydrogen-bond donors (Lipinski definition) is 3. The Morgan fingerprint density at radius 3 is 2.40 bits per heavy atom. The summed E-state index contributed by atoms with van der Waals surface area (Å²) < 4.78 is 59.9. The molecule has 1 aromatic heterocycles. The van der Waals surface area contributed by atoms with Gasteiger partial charge in [-0.25, -0.2) is 4.21 Å². The summed E-state index contributed by atoms with van der Waals surface area (Å²) in [5.41, 5.74) is -5.09. The second-order valence-electron chi connectivity index (χ2n) is 5.83. The Bertz CT molecular complexity index is 1060. The summed E-state index contributed by atoms with van der Waals surface area (Å²) in [4.78, 5) is 25.1. The molecule has 0 spiro atoms. The summed E-state index contributed by atoms with van der Waals surface area (Å²) in [7, 11) is 0. The van der Waals surface area contributed by atoms with Crippen molar-refractivity contribution in [2.24, 2.45) is 0 Å². The number of pyridine rings is 1. The third-order valence-electron chi connectivity index (χ3n) is 3.84. The molecule has 2 aromatic rings. The van der Waals surface area contributed by atoms with Crippen LogP contribution in [-0.2, 0) is 15.9 Å². The van der Waals surface area contributed by atoms with Gasteiger partial charge in [0.25, 0.3) is 5.91 Å². The molecule has 9 nitrogen and oxygen atoms in total. The van der Waals surface area contributed by atoms with Crippen LogP contribution in [0.2, 0.25) is 10.0 Å². The van der Waals surface area contributed by atoms with Gasteiger partial charge in [-0.05, 0) is 35.0 Å². The minimum atomic E-state index is -5.37. The van der Waals surface area contributed by atoms with E-state index in [1.165, 1.54) is 12.1 Å². The standard InChI is InChI=1S/C15H10Cl2F3N3O6S/c1-14(25,15(18,19)20)13(24)22-11-8(30(28)29)5-7(9(16)10(11)17)6-3-2-4-21-12(6)23(26)27/h2-5,25H,1H3,(H,22,24)(H,28,29)/t14-/m1/s1. The number of alkyl halides is 3. The summed E-state index contributed by atoms with van der Waals surface area (Å²) in [5.74, 6) is -2.68. The second-order valence-corrected chi connectivity index (χ2v) is 7.52. The molecule has 0 fully saturated rings. The molecule has 1 heterocycles. The number of nitro groups is 1. The SMILES string of the molecule is C[C@@](O)(C(=O)Nc1c(S(=O)O)cc(-c2cccnc2[N+](=O)[O-])c(Cl)c1Cl)C(F)(F)F. The first-order valence-corrected chi connectivity index (χ1v) is 9.39. The molecule has 0 saturated heterocycles. The van der Waals surface area contributed by atoms with E-state index >= 15 is 0 Å². The first-order valence-electron chi connectivity index (χ1n) is 7.53. The molecule has 3 N–H and O–H groups in total. The van der Waals surface area contributed by atoms with Crippen molar-refractivity contribution in [3.05, 3.63) is 44.6 Å². The average Bonchev–Trinajstić information content (AvgIpc) is 2.64. The van der Waals surface area contributed by atoms with E-state index < -0.39 is 60.1 Å². The van der Waals surface area contributed by atoms with Crippen molar-refractivity contribution >= 4 is 51.7 Å². The third kappa shape index (κ3) is 4.39. The predicted octanol–water partition coefficient (Wildman–Crippen LogP) is 3.80. The number of nitrogens with zero attached hydrogens (tertiary/aromatic N) is 2. The molecule has 0 saturated carbocycles. The van der Waals surface area contributed by atoms with Crippen molar-refractivity contribution in [1.82, 2.24) is 4.98 Å². The topological polar surface area (TPSA) is 143 Å². The zero-order valence-corrected chi connectivity index (χ0v) is 16.9. The highest BCUT2D eigenvalue weighted by Crippen LogP contribution is 2.44. The van der Waals surface area contributed by atoms with Crippen LogP contribution in [0.1, 0.15) is 6.92 Å². The molecule has 1 unspecified atom stereocenters. The molecular formula is C15H10Cl2F3N3O6S. The lowest BCUT2D eigenvalue weighted by atomic mass is 10.0. The Morgan fingerprint density at radius 2 is 1.90 bits per heavy atom. The minimum absolute atomic E-state index is 0.167. The fourth-order valence-electron chi connectivity index (χ4n) is 2.17. The fourth-order valence-corrected chi connectivity index (χ4v) is 3.27. The Labute approximate surface area is 178 Å². The largest absolute Gasteiger partial charge is 0.426 e. The molecule has 1 aromatic carbocycles. The monoisotopic (exact) mass is 487 g/mol. The van der Waals surface area contributed by atoms with Crippen LogP contribution in [0.4, 0.5) is 24.7 Å². The highest BCUT2D eigenvalue weighted by Gasteiger charge is 2.56. The molecule has 162 valence electrons. The molecule has 2 atom stereocenters. The highest BCUT2D eigenvalue weighted by molar-refractivity contribution is 7.79. The lowest BCUT2D eigenvalue weighted by Gasteiger charge is -2.25. The molecule has 0 aliphatic heterocycles. The van der Waals surface area contributed by atoms with E-state index in [1.54, 1.807) is 5.32 Å². The van der Waals surface area contributed by atoms with E-state index in [2.05, 4.69) is 4.98 Å². The third-order valence-corrected chi connectivity index (χ3v) is 5.41. The van der Waals surface area contributed by atoms with Crippen LogP contribution in [0.5, 0.6) is 0 Å². The van der Waals surface area contributed by atoms with Crippen LogP contribution in [0.3, 0.4) is 0 Å². The summed E-state index contributed by atoms with van der Waals surface area (Å²) in [6.45, 7) is 0.167. The Kier molecular flexibility index (Phi) is 6.73. The maximum absolute atomic E-state index is 12.9. The van der Waals surface area contributed by atoms with Crippen LogP contribution in [0.25, 0.3) is 11.1 Å². The lowest BCUT2D eigenvalue weighted by molar-refractivity contribution is -0.388. The van der Waals surface area contributed by atoms with Gasteiger partial charge in [0.1, 0.15) is 6.20 Å². The molecule has 0 aliphatic rings. The number of rotatable bonds is 5. The number of amides is 1. The summed E-state index contributed by atoms with van der Waals surface area (Å²) >= 11 is 9.13. The summed E-state index contributed by atoms with van der Waals surface area (Å²) in [6, 6.07) is 3.34. The van der Waals surface area contributed by atoms with Crippen LogP contribution in [0.15, 0.2) is 29.3 Å². The number of aliphatic hydroxyl groups is 1. The normalized spacial score (nSPS) is 14.7. The Morgan fingerprint density at radius 1 is 1.30 bits per heavy atom. The number of aromatic nitrogens is 1. The van der Waals surface area contributed by atoms with E-state index in [0.717, 1.165) is 12.3 Å². The van der Waals surface area contributed by atoms with E-state index in [4.69, 9.17) is 23.2 Å². The number of benzene rings is 1. The van der Waals surface area contributed by atoms with Gasteiger partial charge in [-0.1, -0.05) is 23.2 Å². The molecule has 1 amide bonds. The quantitative estimate of drug-likeness (QED) is 0.330. The van der Waals surface area contributed by atoms with Gasteiger partial charge in [0.2, 0.25) is 5.60 Å². The van der Waals surface area contributed by atoms with Gasteiger partial charge < -0.3 is 25.1 Å². The highest BCUT2D eigenvalue weighted by atomic mass is 35.5. The molecule has 0 aliphatic carbocycles. The summed E-state index contributed by atoms with van der Waals surface area (Å²) in [6.07, 6.45) is -4.27. The van der Waals surface area contributed by atoms with Gasteiger partial charge in [-0.2, -0.15) is 13.2 Å². The second kappa shape index (κ2) is 8.43. The lowest BCUT2D eigenvalue weighted by Crippen LogP contribution is -2.52. The first kappa shape index (κ1) is 24.0. The maximum Gasteiger partial charge on any atom is 0.426 e. The average molecular weight is 488 g/mol. The van der Waals surface area contributed by atoms with E-state index in [-0.39, 0.29) is 18.1 Å². The first-order chi connectivity index (χ1) is 13.7. The van der Waals surface area contributed by atoms with Gasteiger partial charge in [0.15, 0.2) is 11.1 Å². The number of anilines is 1. The van der Waals surface area contributed by atoms with Gasteiger partial charge in [-0.15, -0.1) is 0 Å². The Balaban J connectivity index is 2.70. The minimum Gasteiger partial charge on any atom is -0.373 e. The van der Waals surface area contributed by atoms with E-state index in [0.29, 0.717) is 0 Å². The van der Waals surface area contributed by atoms with E-state index in [9.17, 15) is 41.9 Å². The van der Waals surface area contributed by atoms with Crippen LogP contribution in [0, 0.1) is 10.1 Å². The fraction of sp³-hybridized carbons (Fsp3) is 0.200. The van der Waals surface area contributed by atoms with Crippen LogP contribution in [-0.4, -0.2) is 41.5 Å². The van der Waals surface area contributed by atoms with Crippen molar-refractivity contribution < 1.29 is 36.8 Å². The molecule has 0 bridgehead atoms.